The van der Waals surface area contributed by atoms with Gasteiger partial charge >= 0.3 is 0 Å². The summed E-state index contributed by atoms with van der Waals surface area (Å²) in [5.41, 5.74) is 2.63. The summed E-state index contributed by atoms with van der Waals surface area (Å²) in [5, 5.41) is 3.21. The van der Waals surface area contributed by atoms with Crippen molar-refractivity contribution in [2.75, 3.05) is 19.0 Å². The summed E-state index contributed by atoms with van der Waals surface area (Å²) in [6.07, 6.45) is 0.850. The average Bonchev–Trinajstić information content (AvgIpc) is 2.89. The van der Waals surface area contributed by atoms with Crippen LogP contribution in [0.1, 0.15) is 5.56 Å². The number of aromatic nitrogens is 2. The number of nitrogens with zero attached hydrogens (tertiary/aromatic N) is 1. The third-order valence-corrected chi connectivity index (χ3v) is 3.28. The third kappa shape index (κ3) is 3.13. The molecule has 0 aliphatic carbocycles. The summed E-state index contributed by atoms with van der Waals surface area (Å²) < 4.78 is 18.3. The zero-order valence-electron chi connectivity index (χ0n) is 11.7. The maximum atomic E-state index is 13.1. The van der Waals surface area contributed by atoms with Crippen LogP contribution >= 0.6 is 0 Å². The monoisotopic (exact) mass is 285 g/mol. The molecule has 0 saturated heterocycles. The molecule has 0 amide bonds. The molecule has 0 atom stereocenters. The fraction of sp³-hybridized carbons (Fsp3) is 0.188. The molecule has 0 unspecified atom stereocenters. The Morgan fingerprint density at radius 2 is 2.14 bits per heavy atom. The van der Waals surface area contributed by atoms with Crippen molar-refractivity contribution in [3.8, 4) is 5.75 Å². The van der Waals surface area contributed by atoms with E-state index in [1.165, 1.54) is 17.7 Å². The smallest absolute Gasteiger partial charge is 0.201 e. The van der Waals surface area contributed by atoms with E-state index in [0.717, 1.165) is 24.2 Å². The lowest BCUT2D eigenvalue weighted by Gasteiger charge is -2.05. The van der Waals surface area contributed by atoms with Crippen molar-refractivity contribution in [2.45, 2.75) is 6.42 Å². The maximum absolute atomic E-state index is 13.1. The molecule has 3 rings (SSSR count). The van der Waals surface area contributed by atoms with Crippen molar-refractivity contribution < 1.29 is 9.13 Å². The van der Waals surface area contributed by atoms with Crippen LogP contribution in [0.5, 0.6) is 5.75 Å². The number of ether oxygens (including phenoxy) is 1. The molecule has 3 aromatic rings. The van der Waals surface area contributed by atoms with E-state index in [1.807, 2.05) is 18.2 Å². The van der Waals surface area contributed by atoms with E-state index < -0.39 is 0 Å². The van der Waals surface area contributed by atoms with Crippen LogP contribution < -0.4 is 10.1 Å². The largest absolute Gasteiger partial charge is 0.497 e. The van der Waals surface area contributed by atoms with Crippen LogP contribution in [0.4, 0.5) is 10.3 Å². The predicted octanol–water partition coefficient (Wildman–Crippen LogP) is 3.37. The van der Waals surface area contributed by atoms with Gasteiger partial charge in [-0.25, -0.2) is 9.37 Å². The first kappa shape index (κ1) is 13.4. The number of rotatable bonds is 5. The van der Waals surface area contributed by atoms with E-state index in [4.69, 9.17) is 4.74 Å². The molecule has 2 N–H and O–H groups in total. The van der Waals surface area contributed by atoms with Gasteiger partial charge in [0.05, 0.1) is 18.1 Å². The zero-order chi connectivity index (χ0) is 14.7. The number of H-pyrrole nitrogens is 1. The highest BCUT2D eigenvalue weighted by molar-refractivity contribution is 5.77. The summed E-state index contributed by atoms with van der Waals surface area (Å²) in [5.74, 6) is 1.24. The van der Waals surface area contributed by atoms with E-state index in [0.29, 0.717) is 11.5 Å². The van der Waals surface area contributed by atoms with Crippen molar-refractivity contribution in [3.05, 3.63) is 53.8 Å². The Bertz CT molecular complexity index is 754. The molecular weight excluding hydrogens is 269 g/mol. The number of halogens is 1. The van der Waals surface area contributed by atoms with Crippen molar-refractivity contribution >= 4 is 17.0 Å². The first-order chi connectivity index (χ1) is 10.2. The molecule has 0 aliphatic heterocycles. The van der Waals surface area contributed by atoms with Gasteiger partial charge in [0, 0.05) is 6.54 Å². The molecule has 0 spiro atoms. The number of imidazole rings is 1. The second-order valence-corrected chi connectivity index (χ2v) is 4.78. The second-order valence-electron chi connectivity index (χ2n) is 4.78. The highest BCUT2D eigenvalue weighted by Crippen LogP contribution is 2.16. The van der Waals surface area contributed by atoms with Gasteiger partial charge in [-0.3, -0.25) is 0 Å². The normalized spacial score (nSPS) is 10.8. The lowest BCUT2D eigenvalue weighted by molar-refractivity contribution is 0.414. The van der Waals surface area contributed by atoms with Gasteiger partial charge in [-0.15, -0.1) is 0 Å². The van der Waals surface area contributed by atoms with Crippen molar-refractivity contribution in [1.29, 1.82) is 0 Å². The van der Waals surface area contributed by atoms with E-state index in [9.17, 15) is 4.39 Å². The Kier molecular flexibility index (Phi) is 3.73. The number of hydrogen-bond acceptors (Lipinski definition) is 3. The number of benzene rings is 2. The number of anilines is 1. The first-order valence-electron chi connectivity index (χ1n) is 6.77. The van der Waals surface area contributed by atoms with Gasteiger partial charge in [0.15, 0.2) is 0 Å². The second kappa shape index (κ2) is 5.83. The Hall–Kier alpha value is -2.56. The molecule has 4 nitrogen and oxygen atoms in total. The average molecular weight is 285 g/mol. The molecule has 0 bridgehead atoms. The number of aromatic amines is 1. The van der Waals surface area contributed by atoms with Crippen LogP contribution in [-0.2, 0) is 6.42 Å². The van der Waals surface area contributed by atoms with E-state index >= 15 is 0 Å². The minimum absolute atomic E-state index is 0.269. The maximum Gasteiger partial charge on any atom is 0.201 e. The highest BCUT2D eigenvalue weighted by atomic mass is 19.1. The highest BCUT2D eigenvalue weighted by Gasteiger charge is 2.03. The molecule has 5 heteroatoms. The third-order valence-electron chi connectivity index (χ3n) is 3.28. The van der Waals surface area contributed by atoms with Gasteiger partial charge in [0.2, 0.25) is 5.95 Å². The van der Waals surface area contributed by atoms with Crippen LogP contribution in [0.2, 0.25) is 0 Å². The number of methoxy groups -OCH3 is 1. The minimum atomic E-state index is -0.269. The quantitative estimate of drug-likeness (QED) is 0.755. The number of nitrogens with one attached hydrogen (secondary N) is 2. The molecule has 1 aromatic heterocycles. The SMILES string of the molecule is COc1cccc(CCNc2nc3ccc(F)cc3[nH]2)c1. The van der Waals surface area contributed by atoms with Crippen LogP contribution in [-0.4, -0.2) is 23.6 Å². The molecule has 0 aliphatic rings. The molecule has 2 aromatic carbocycles. The Balaban J connectivity index is 1.63. The molecular formula is C16H16FN3O. The minimum Gasteiger partial charge on any atom is -0.497 e. The van der Waals surface area contributed by atoms with E-state index in [1.54, 1.807) is 13.2 Å². The summed E-state index contributed by atoms with van der Waals surface area (Å²) in [4.78, 5) is 7.42. The molecule has 1 heterocycles. The van der Waals surface area contributed by atoms with Crippen molar-refractivity contribution in [1.82, 2.24) is 9.97 Å². The summed E-state index contributed by atoms with van der Waals surface area (Å²) in [6.45, 7) is 0.732. The van der Waals surface area contributed by atoms with Gasteiger partial charge < -0.3 is 15.0 Å². The lowest BCUT2D eigenvalue weighted by Crippen LogP contribution is -2.06. The Labute approximate surface area is 122 Å². The van der Waals surface area contributed by atoms with Crippen LogP contribution in [0.15, 0.2) is 42.5 Å². The molecule has 0 fully saturated rings. The zero-order valence-corrected chi connectivity index (χ0v) is 11.7. The molecule has 108 valence electrons. The summed E-state index contributed by atoms with van der Waals surface area (Å²) in [6, 6.07) is 12.5. The lowest BCUT2D eigenvalue weighted by atomic mass is 10.1. The van der Waals surface area contributed by atoms with Crippen LogP contribution in [0.3, 0.4) is 0 Å². The van der Waals surface area contributed by atoms with Crippen LogP contribution in [0.25, 0.3) is 11.0 Å². The molecule has 0 radical (unpaired) electrons. The molecule has 21 heavy (non-hydrogen) atoms. The Morgan fingerprint density at radius 3 is 3.00 bits per heavy atom. The number of hydrogen-bond donors (Lipinski definition) is 2. The standard InChI is InChI=1S/C16H16FN3O/c1-21-13-4-2-3-11(9-13)7-8-18-16-19-14-6-5-12(17)10-15(14)20-16/h2-6,9-10H,7-8H2,1H3,(H2,18,19,20). The number of fused-ring (bicyclic) bond motifs is 1. The van der Waals surface area contributed by atoms with Crippen LogP contribution in [0, 0.1) is 5.82 Å². The van der Waals surface area contributed by atoms with E-state index in [-0.39, 0.29) is 5.82 Å². The van der Waals surface area contributed by atoms with Gasteiger partial charge in [0.25, 0.3) is 0 Å². The van der Waals surface area contributed by atoms with Crippen molar-refractivity contribution in [2.24, 2.45) is 0 Å². The summed E-state index contributed by atoms with van der Waals surface area (Å²) in [7, 11) is 1.66. The summed E-state index contributed by atoms with van der Waals surface area (Å²) >= 11 is 0. The Morgan fingerprint density at radius 1 is 1.24 bits per heavy atom. The van der Waals surface area contributed by atoms with Crippen molar-refractivity contribution in [3.63, 3.8) is 0 Å². The van der Waals surface area contributed by atoms with E-state index in [2.05, 4.69) is 21.4 Å². The fourth-order valence-electron chi connectivity index (χ4n) is 2.22. The van der Waals surface area contributed by atoms with Gasteiger partial charge in [-0.1, -0.05) is 12.1 Å². The van der Waals surface area contributed by atoms with Gasteiger partial charge in [-0.05, 0) is 42.3 Å². The van der Waals surface area contributed by atoms with Gasteiger partial charge in [0.1, 0.15) is 11.6 Å². The molecule has 0 saturated carbocycles. The topological polar surface area (TPSA) is 49.9 Å². The predicted molar refractivity (Wildman–Crippen MR) is 81.2 cm³/mol. The van der Waals surface area contributed by atoms with Gasteiger partial charge in [-0.2, -0.15) is 0 Å². The fourth-order valence-corrected chi connectivity index (χ4v) is 2.22. The first-order valence-corrected chi connectivity index (χ1v) is 6.77.